The van der Waals surface area contributed by atoms with Gasteiger partial charge in [0.2, 0.25) is 0 Å². The van der Waals surface area contributed by atoms with Crippen molar-refractivity contribution in [3.8, 4) is 5.75 Å². The SMILES string of the molecule is Cc1cc(C)cc(Cc2cnc(NC(=O)C3=Cc4cc(Br)ccc4OC=C3)s2)c1. The molecule has 0 spiro atoms. The van der Waals surface area contributed by atoms with Crippen molar-refractivity contribution in [1.82, 2.24) is 4.98 Å². The molecule has 0 radical (unpaired) electrons. The third-order valence-corrected chi connectivity index (χ3v) is 5.83. The molecular weight excluding hydrogens is 448 g/mol. The van der Waals surface area contributed by atoms with E-state index in [1.807, 2.05) is 30.5 Å². The Labute approximate surface area is 182 Å². The van der Waals surface area contributed by atoms with Gasteiger partial charge >= 0.3 is 0 Å². The predicted molar refractivity (Wildman–Crippen MR) is 121 cm³/mol. The molecule has 6 heteroatoms. The zero-order valence-corrected chi connectivity index (χ0v) is 18.4. The smallest absolute Gasteiger partial charge is 0.257 e. The Morgan fingerprint density at radius 3 is 2.76 bits per heavy atom. The van der Waals surface area contributed by atoms with E-state index in [-0.39, 0.29) is 5.91 Å². The fourth-order valence-corrected chi connectivity index (χ4v) is 4.49. The summed E-state index contributed by atoms with van der Waals surface area (Å²) in [6, 6.07) is 12.2. The van der Waals surface area contributed by atoms with Crippen molar-refractivity contribution in [2.75, 3.05) is 5.32 Å². The summed E-state index contributed by atoms with van der Waals surface area (Å²) in [5.41, 5.74) is 5.09. The summed E-state index contributed by atoms with van der Waals surface area (Å²) in [5, 5.41) is 3.48. The molecule has 0 bridgehead atoms. The Hall–Kier alpha value is -2.70. The van der Waals surface area contributed by atoms with E-state index >= 15 is 0 Å². The summed E-state index contributed by atoms with van der Waals surface area (Å²) in [5.74, 6) is 0.488. The number of benzene rings is 2. The monoisotopic (exact) mass is 466 g/mol. The standard InChI is InChI=1S/C23H19BrN2O2S/c1-14-7-15(2)9-16(8-14)10-20-13-25-23(29-20)26-22(27)17-5-6-28-21-4-3-19(24)12-18(21)11-17/h3-9,11-13H,10H2,1-2H3,(H,25,26,27). The maximum absolute atomic E-state index is 12.7. The Kier molecular flexibility index (Phi) is 5.65. The zero-order chi connectivity index (χ0) is 20.4. The van der Waals surface area contributed by atoms with Crippen LogP contribution in [0.15, 0.2) is 65.0 Å². The number of carbonyl (C=O) groups excluding carboxylic acids is 1. The lowest BCUT2D eigenvalue weighted by molar-refractivity contribution is -0.112. The first-order chi connectivity index (χ1) is 14.0. The third kappa shape index (κ3) is 4.83. The van der Waals surface area contributed by atoms with Gasteiger partial charge in [0.05, 0.1) is 6.26 Å². The van der Waals surface area contributed by atoms with Gasteiger partial charge in [-0.05, 0) is 49.8 Å². The number of hydrogen-bond donors (Lipinski definition) is 1. The van der Waals surface area contributed by atoms with E-state index in [1.54, 1.807) is 6.08 Å². The van der Waals surface area contributed by atoms with Gasteiger partial charge in [0.25, 0.3) is 5.91 Å². The number of fused-ring (bicyclic) bond motifs is 1. The van der Waals surface area contributed by atoms with E-state index in [9.17, 15) is 4.79 Å². The van der Waals surface area contributed by atoms with E-state index in [1.165, 1.54) is 34.3 Å². The quantitative estimate of drug-likeness (QED) is 0.509. The van der Waals surface area contributed by atoms with Crippen LogP contribution in [0.1, 0.15) is 27.1 Å². The van der Waals surface area contributed by atoms with Gasteiger partial charge < -0.3 is 4.74 Å². The Morgan fingerprint density at radius 2 is 1.97 bits per heavy atom. The van der Waals surface area contributed by atoms with E-state index in [4.69, 9.17) is 4.74 Å². The van der Waals surface area contributed by atoms with E-state index in [2.05, 4.69) is 58.3 Å². The van der Waals surface area contributed by atoms with Crippen LogP contribution in [0.25, 0.3) is 6.08 Å². The average molecular weight is 467 g/mol. The molecule has 4 nitrogen and oxygen atoms in total. The van der Waals surface area contributed by atoms with Gasteiger partial charge in [0.1, 0.15) is 5.75 Å². The summed E-state index contributed by atoms with van der Waals surface area (Å²) in [6.45, 7) is 4.20. The number of ether oxygens (including phenoxy) is 1. The number of thiazole rings is 1. The number of carbonyl (C=O) groups is 1. The van der Waals surface area contributed by atoms with Crippen LogP contribution in [-0.2, 0) is 11.2 Å². The van der Waals surface area contributed by atoms with Crippen molar-refractivity contribution in [2.45, 2.75) is 20.3 Å². The molecule has 1 aliphatic heterocycles. The highest BCUT2D eigenvalue weighted by Gasteiger charge is 2.14. The molecule has 1 aromatic heterocycles. The number of aryl methyl sites for hydroxylation is 2. The summed E-state index contributed by atoms with van der Waals surface area (Å²) >= 11 is 4.94. The summed E-state index contributed by atoms with van der Waals surface area (Å²) < 4.78 is 6.50. The first-order valence-corrected chi connectivity index (χ1v) is 10.7. The summed E-state index contributed by atoms with van der Waals surface area (Å²) in [4.78, 5) is 18.2. The Bertz CT molecular complexity index is 1130. The number of halogens is 1. The van der Waals surface area contributed by atoms with Crippen LogP contribution in [-0.4, -0.2) is 10.9 Å². The highest BCUT2D eigenvalue weighted by molar-refractivity contribution is 9.10. The Morgan fingerprint density at radius 1 is 1.17 bits per heavy atom. The van der Waals surface area contributed by atoms with Crippen LogP contribution in [0, 0.1) is 13.8 Å². The second-order valence-corrected chi connectivity index (χ2v) is 8.99. The van der Waals surface area contributed by atoms with Crippen molar-refractivity contribution < 1.29 is 9.53 Å². The van der Waals surface area contributed by atoms with E-state index in [0.29, 0.717) is 16.5 Å². The first-order valence-electron chi connectivity index (χ1n) is 9.14. The molecule has 0 unspecified atom stereocenters. The Balaban J connectivity index is 1.49. The third-order valence-electron chi connectivity index (χ3n) is 4.42. The molecule has 1 aliphatic rings. The maximum atomic E-state index is 12.7. The molecule has 3 aromatic rings. The minimum atomic E-state index is -0.218. The number of amides is 1. The van der Waals surface area contributed by atoms with Crippen molar-refractivity contribution in [3.05, 3.63) is 92.1 Å². The summed E-state index contributed by atoms with van der Waals surface area (Å²) in [7, 11) is 0. The highest BCUT2D eigenvalue weighted by Crippen LogP contribution is 2.29. The van der Waals surface area contributed by atoms with Crippen LogP contribution < -0.4 is 10.1 Å². The fourth-order valence-electron chi connectivity index (χ4n) is 3.27. The molecule has 0 saturated heterocycles. The lowest BCUT2D eigenvalue weighted by atomic mass is 10.0. The molecule has 2 aromatic carbocycles. The van der Waals surface area contributed by atoms with Crippen LogP contribution in [0.5, 0.6) is 5.75 Å². The number of nitrogens with zero attached hydrogens (tertiary/aromatic N) is 1. The van der Waals surface area contributed by atoms with Crippen LogP contribution in [0.2, 0.25) is 0 Å². The van der Waals surface area contributed by atoms with Gasteiger partial charge in [-0.2, -0.15) is 0 Å². The zero-order valence-electron chi connectivity index (χ0n) is 16.0. The molecule has 0 saturated carbocycles. The molecule has 0 atom stereocenters. The number of rotatable bonds is 4. The van der Waals surface area contributed by atoms with E-state index in [0.717, 1.165) is 21.3 Å². The van der Waals surface area contributed by atoms with Gasteiger partial charge in [-0.15, -0.1) is 11.3 Å². The molecule has 29 heavy (non-hydrogen) atoms. The highest BCUT2D eigenvalue weighted by atomic mass is 79.9. The lowest BCUT2D eigenvalue weighted by Crippen LogP contribution is -2.12. The molecule has 0 fully saturated rings. The van der Waals surface area contributed by atoms with Gasteiger partial charge in [-0.25, -0.2) is 4.98 Å². The lowest BCUT2D eigenvalue weighted by Gasteiger charge is -2.04. The second-order valence-electron chi connectivity index (χ2n) is 6.96. The van der Waals surface area contributed by atoms with Gasteiger partial charge in [-0.3, -0.25) is 10.1 Å². The first kappa shape index (κ1) is 19.6. The minimum absolute atomic E-state index is 0.218. The van der Waals surface area contributed by atoms with Crippen LogP contribution >= 0.6 is 27.3 Å². The largest absolute Gasteiger partial charge is 0.464 e. The van der Waals surface area contributed by atoms with Gasteiger partial charge in [0.15, 0.2) is 5.13 Å². The van der Waals surface area contributed by atoms with E-state index < -0.39 is 0 Å². The van der Waals surface area contributed by atoms with Gasteiger partial charge in [0, 0.05) is 33.1 Å². The maximum Gasteiger partial charge on any atom is 0.257 e. The molecule has 1 N–H and O–H groups in total. The molecule has 146 valence electrons. The molecule has 1 amide bonds. The van der Waals surface area contributed by atoms with Crippen LogP contribution in [0.3, 0.4) is 0 Å². The number of anilines is 1. The van der Waals surface area contributed by atoms with Crippen molar-refractivity contribution in [1.29, 1.82) is 0 Å². The number of nitrogens with one attached hydrogen (secondary N) is 1. The number of hydrogen-bond acceptors (Lipinski definition) is 4. The molecule has 0 aliphatic carbocycles. The van der Waals surface area contributed by atoms with Crippen LogP contribution in [0.4, 0.5) is 5.13 Å². The molecular formula is C23H19BrN2O2S. The summed E-state index contributed by atoms with van der Waals surface area (Å²) in [6.07, 6.45) is 7.62. The second kappa shape index (κ2) is 8.35. The molecule has 2 heterocycles. The topological polar surface area (TPSA) is 51.2 Å². The van der Waals surface area contributed by atoms with Crippen molar-refractivity contribution in [3.63, 3.8) is 0 Å². The molecule has 4 rings (SSSR count). The normalized spacial score (nSPS) is 12.6. The van der Waals surface area contributed by atoms with Gasteiger partial charge in [-0.1, -0.05) is 45.3 Å². The minimum Gasteiger partial charge on any atom is -0.464 e. The van der Waals surface area contributed by atoms with Crippen molar-refractivity contribution >= 4 is 44.4 Å². The predicted octanol–water partition coefficient (Wildman–Crippen LogP) is 6.04. The average Bonchev–Trinajstić information content (AvgIpc) is 2.96. The fraction of sp³-hybridized carbons (Fsp3) is 0.130. The number of aromatic nitrogens is 1. The van der Waals surface area contributed by atoms with Crippen molar-refractivity contribution in [2.24, 2.45) is 0 Å².